The molecule has 3 nitrogen and oxygen atoms in total. The largest absolute Gasteiger partial charge is 0.385 e. The minimum Gasteiger partial charge on any atom is -0.385 e. The Balaban J connectivity index is 1.45. The molecule has 4 rings (SSSR count). The molecule has 0 bridgehead atoms. The summed E-state index contributed by atoms with van der Waals surface area (Å²) in [6.07, 6.45) is 0. The van der Waals surface area contributed by atoms with Gasteiger partial charge in [0.2, 0.25) is 0 Å². The number of nitrogens with one attached hydrogen (secondary N) is 2. The third-order valence-corrected chi connectivity index (χ3v) is 7.13. The minimum absolute atomic E-state index is 0.236. The maximum atomic E-state index is 15.0. The molecule has 0 spiro atoms. The number of amides is 1. The molecule has 1 aliphatic carbocycles. The van der Waals surface area contributed by atoms with Gasteiger partial charge in [-0.1, -0.05) is 34.8 Å². The van der Waals surface area contributed by atoms with Gasteiger partial charge in [-0.05, 0) is 82.2 Å². The molecule has 9 heteroatoms. The van der Waals surface area contributed by atoms with Crippen molar-refractivity contribution in [2.75, 3.05) is 17.2 Å². The number of rotatable bonds is 6. The first-order valence-electron chi connectivity index (χ1n) is 9.59. The molecule has 0 saturated heterocycles. The topological polar surface area (TPSA) is 41.1 Å². The summed E-state index contributed by atoms with van der Waals surface area (Å²) in [6.45, 7) is 0.303. The van der Waals surface area contributed by atoms with Gasteiger partial charge in [-0.3, -0.25) is 4.79 Å². The van der Waals surface area contributed by atoms with E-state index in [4.69, 9.17) is 34.8 Å². The van der Waals surface area contributed by atoms with Crippen molar-refractivity contribution < 1.29 is 13.6 Å². The quantitative estimate of drug-likeness (QED) is 0.301. The van der Waals surface area contributed by atoms with Gasteiger partial charge in [0, 0.05) is 39.8 Å². The molecular weight excluding hydrogens is 545 g/mol. The van der Waals surface area contributed by atoms with Gasteiger partial charge in [-0.15, -0.1) is 0 Å². The molecule has 3 aromatic rings. The highest BCUT2D eigenvalue weighted by Crippen LogP contribution is 2.64. The standard InChI is InChI=1S/C23H16BrCl3F2N2O/c24-23(29)19(21(23)12-7-13(25)9-14(26)8-12)11-30-17-5-6-20(27)18(10-17)22(32)31-16-3-1-15(28)2-4-16/h1-10,19,21,30H,11H2,(H,31,32). The van der Waals surface area contributed by atoms with E-state index in [9.17, 15) is 9.18 Å². The fraction of sp³-hybridized carbons (Fsp3) is 0.174. The normalized spacial score (nSPS) is 21.8. The van der Waals surface area contributed by atoms with Crippen LogP contribution in [0.15, 0.2) is 60.7 Å². The molecule has 1 amide bonds. The summed E-state index contributed by atoms with van der Waals surface area (Å²) in [4.78, 5) is 12.6. The number of anilines is 2. The second-order valence-electron chi connectivity index (χ2n) is 7.50. The van der Waals surface area contributed by atoms with Crippen LogP contribution in [0, 0.1) is 11.7 Å². The highest BCUT2D eigenvalue weighted by molar-refractivity contribution is 9.10. The SMILES string of the molecule is O=C(Nc1ccc(F)cc1)c1cc(NCC2C(c3cc(Cl)cc(Cl)c3)C2(F)Br)ccc1Cl. The lowest BCUT2D eigenvalue weighted by Crippen LogP contribution is -2.14. The second kappa shape index (κ2) is 9.18. The van der Waals surface area contributed by atoms with Gasteiger partial charge in [-0.2, -0.15) is 0 Å². The van der Waals surface area contributed by atoms with Gasteiger partial charge in [0.25, 0.3) is 5.91 Å². The van der Waals surface area contributed by atoms with Crippen LogP contribution in [0.25, 0.3) is 0 Å². The smallest absolute Gasteiger partial charge is 0.257 e. The van der Waals surface area contributed by atoms with Gasteiger partial charge in [-0.25, -0.2) is 8.78 Å². The van der Waals surface area contributed by atoms with Gasteiger partial charge in [0.15, 0.2) is 4.58 Å². The summed E-state index contributed by atoms with van der Waals surface area (Å²) in [5.41, 5.74) is 1.99. The Morgan fingerprint density at radius 2 is 1.59 bits per heavy atom. The zero-order chi connectivity index (χ0) is 23.0. The Bertz CT molecular complexity index is 1150. The van der Waals surface area contributed by atoms with Crippen LogP contribution in [-0.2, 0) is 0 Å². The molecule has 3 aromatic carbocycles. The fourth-order valence-electron chi connectivity index (χ4n) is 3.62. The fourth-order valence-corrected chi connectivity index (χ4v) is 5.25. The molecule has 166 valence electrons. The van der Waals surface area contributed by atoms with Gasteiger partial charge >= 0.3 is 0 Å². The maximum absolute atomic E-state index is 15.0. The van der Waals surface area contributed by atoms with Crippen molar-refractivity contribution in [2.45, 2.75) is 10.5 Å². The van der Waals surface area contributed by atoms with Crippen molar-refractivity contribution in [2.24, 2.45) is 5.92 Å². The van der Waals surface area contributed by atoms with Gasteiger partial charge < -0.3 is 10.6 Å². The van der Waals surface area contributed by atoms with Crippen LogP contribution < -0.4 is 10.6 Å². The molecular formula is C23H16BrCl3F2N2O. The van der Waals surface area contributed by atoms with E-state index in [1.54, 1.807) is 36.4 Å². The van der Waals surface area contributed by atoms with E-state index < -0.39 is 22.2 Å². The molecule has 32 heavy (non-hydrogen) atoms. The first-order valence-corrected chi connectivity index (χ1v) is 11.5. The minimum atomic E-state index is -1.59. The molecule has 2 N–H and O–H groups in total. The predicted molar refractivity (Wildman–Crippen MR) is 130 cm³/mol. The van der Waals surface area contributed by atoms with Crippen molar-refractivity contribution in [3.05, 3.63) is 92.7 Å². The summed E-state index contributed by atoms with van der Waals surface area (Å²) in [5, 5.41) is 6.99. The van der Waals surface area contributed by atoms with Crippen LogP contribution >= 0.6 is 50.7 Å². The lowest BCUT2D eigenvalue weighted by Gasteiger charge is -2.11. The molecule has 3 atom stereocenters. The number of hydrogen-bond acceptors (Lipinski definition) is 2. The highest BCUT2D eigenvalue weighted by Gasteiger charge is 2.65. The monoisotopic (exact) mass is 558 g/mol. The van der Waals surface area contributed by atoms with E-state index in [0.29, 0.717) is 33.5 Å². The summed E-state index contributed by atoms with van der Waals surface area (Å²) < 4.78 is 26.5. The van der Waals surface area contributed by atoms with E-state index in [1.807, 2.05) is 0 Å². The van der Waals surface area contributed by atoms with Crippen molar-refractivity contribution >= 4 is 68.0 Å². The van der Waals surface area contributed by atoms with E-state index in [1.165, 1.54) is 24.3 Å². The number of carbonyl (C=O) groups is 1. The second-order valence-corrected chi connectivity index (χ2v) is 9.99. The van der Waals surface area contributed by atoms with Crippen LogP contribution in [0.3, 0.4) is 0 Å². The first kappa shape index (κ1) is 23.3. The molecule has 1 aliphatic rings. The van der Waals surface area contributed by atoms with Gasteiger partial charge in [0.1, 0.15) is 5.82 Å². The lowest BCUT2D eigenvalue weighted by atomic mass is 10.1. The molecule has 0 heterocycles. The Labute approximate surface area is 207 Å². The number of benzene rings is 3. The Kier molecular flexibility index (Phi) is 6.68. The highest BCUT2D eigenvalue weighted by atomic mass is 79.9. The lowest BCUT2D eigenvalue weighted by molar-refractivity contribution is 0.102. The predicted octanol–water partition coefficient (Wildman–Crippen LogP) is 7.92. The number of halogens is 6. The van der Waals surface area contributed by atoms with Crippen molar-refractivity contribution in [3.63, 3.8) is 0 Å². The molecule has 3 unspecified atom stereocenters. The van der Waals surface area contributed by atoms with Crippen LogP contribution in [0.2, 0.25) is 15.1 Å². The van der Waals surface area contributed by atoms with Crippen molar-refractivity contribution in [1.29, 1.82) is 0 Å². The zero-order valence-electron chi connectivity index (χ0n) is 16.3. The number of hydrogen-bond donors (Lipinski definition) is 2. The molecule has 1 fully saturated rings. The average Bonchev–Trinajstić information content (AvgIpc) is 3.28. The number of carbonyl (C=O) groups excluding carboxylic acids is 1. The average molecular weight is 561 g/mol. The van der Waals surface area contributed by atoms with Crippen molar-refractivity contribution in [1.82, 2.24) is 0 Å². The van der Waals surface area contributed by atoms with Crippen LogP contribution in [-0.4, -0.2) is 17.0 Å². The maximum Gasteiger partial charge on any atom is 0.257 e. The number of alkyl halides is 2. The molecule has 1 saturated carbocycles. The van der Waals surface area contributed by atoms with Crippen LogP contribution in [0.5, 0.6) is 0 Å². The molecule has 0 radical (unpaired) electrons. The molecule has 0 aliphatic heterocycles. The summed E-state index contributed by atoms with van der Waals surface area (Å²) in [7, 11) is 0. The van der Waals surface area contributed by atoms with E-state index in [0.717, 1.165) is 0 Å². The van der Waals surface area contributed by atoms with Crippen LogP contribution in [0.1, 0.15) is 21.8 Å². The van der Waals surface area contributed by atoms with E-state index in [2.05, 4.69) is 26.6 Å². The Morgan fingerprint density at radius 3 is 2.25 bits per heavy atom. The Hall–Kier alpha value is -1.86. The van der Waals surface area contributed by atoms with Crippen molar-refractivity contribution in [3.8, 4) is 0 Å². The van der Waals surface area contributed by atoms with Gasteiger partial charge in [0.05, 0.1) is 10.6 Å². The molecule has 0 aromatic heterocycles. The zero-order valence-corrected chi connectivity index (χ0v) is 20.2. The van der Waals surface area contributed by atoms with Crippen LogP contribution in [0.4, 0.5) is 20.2 Å². The summed E-state index contributed by atoms with van der Waals surface area (Å²) >= 11 is 21.5. The Morgan fingerprint density at radius 1 is 0.969 bits per heavy atom. The summed E-state index contributed by atoms with van der Waals surface area (Å²) in [5.74, 6) is -1.63. The summed E-state index contributed by atoms with van der Waals surface area (Å²) in [6, 6.07) is 15.3. The van der Waals surface area contributed by atoms with E-state index >= 15 is 4.39 Å². The third kappa shape index (κ3) is 5.04. The first-order chi connectivity index (χ1) is 15.1. The third-order valence-electron chi connectivity index (χ3n) is 5.29. The van der Waals surface area contributed by atoms with E-state index in [-0.39, 0.29) is 16.5 Å².